The lowest BCUT2D eigenvalue weighted by Crippen LogP contribution is -2.56. The van der Waals surface area contributed by atoms with Crippen LogP contribution in [0.4, 0.5) is 4.79 Å². The van der Waals surface area contributed by atoms with Crippen molar-refractivity contribution in [3.8, 4) is 0 Å². The largest absolute Gasteiger partial charge is 0.449 e. The fourth-order valence-electron chi connectivity index (χ4n) is 5.57. The van der Waals surface area contributed by atoms with E-state index >= 15 is 0 Å². The molecule has 1 fully saturated rings. The molecule has 1 aliphatic heterocycles. The Morgan fingerprint density at radius 2 is 1.62 bits per heavy atom. The first-order valence-corrected chi connectivity index (χ1v) is 15.5. The number of alkyl carbamates (subject to hydrolysis) is 1. The minimum absolute atomic E-state index is 0.0313. The van der Waals surface area contributed by atoms with Gasteiger partial charge in [-0.3, -0.25) is 14.4 Å². The van der Waals surface area contributed by atoms with E-state index in [0.29, 0.717) is 32.1 Å². The number of fused-ring (bicyclic) bond motifs is 1. The molecule has 45 heavy (non-hydrogen) atoms. The Morgan fingerprint density at radius 3 is 2.33 bits per heavy atom. The van der Waals surface area contributed by atoms with Crippen molar-refractivity contribution >= 4 is 40.9 Å². The first kappa shape index (κ1) is 33.2. The maximum Gasteiger partial charge on any atom is 0.407 e. The Kier molecular flexibility index (Phi) is 12.1. The van der Waals surface area contributed by atoms with Crippen LogP contribution >= 0.6 is 0 Å². The van der Waals surface area contributed by atoms with Crippen LogP contribution in [0.5, 0.6) is 0 Å². The molecule has 3 aromatic carbocycles. The van der Waals surface area contributed by atoms with E-state index in [2.05, 4.69) is 21.3 Å². The highest BCUT2D eigenvalue weighted by Crippen LogP contribution is 2.20. The van der Waals surface area contributed by atoms with Crippen LogP contribution in [-0.4, -0.2) is 61.4 Å². The molecule has 4 atom stereocenters. The molecule has 0 unspecified atom stereocenters. The number of benzene rings is 3. The van der Waals surface area contributed by atoms with Gasteiger partial charge in [-0.15, -0.1) is 0 Å². The first-order chi connectivity index (χ1) is 21.7. The Labute approximate surface area is 263 Å². The van der Waals surface area contributed by atoms with E-state index in [4.69, 9.17) is 4.74 Å². The summed E-state index contributed by atoms with van der Waals surface area (Å²) in [5, 5.41) is 12.9. The second-order valence-electron chi connectivity index (χ2n) is 11.9. The topological polar surface area (TPSA) is 143 Å². The lowest BCUT2D eigenvalue weighted by molar-refractivity contribution is -0.131. The molecular formula is C35H42N4O6. The maximum atomic E-state index is 13.8. The molecule has 10 heteroatoms. The van der Waals surface area contributed by atoms with Crippen LogP contribution in [0.2, 0.25) is 0 Å². The Hall–Kier alpha value is -4.73. The van der Waals surface area contributed by atoms with Crippen LogP contribution in [0.15, 0.2) is 72.8 Å². The van der Waals surface area contributed by atoms with Crippen molar-refractivity contribution < 1.29 is 28.7 Å². The number of nitrogens with one attached hydrogen (secondary N) is 4. The average molecular weight is 615 g/mol. The third-order valence-corrected chi connectivity index (χ3v) is 7.91. The third-order valence-electron chi connectivity index (χ3n) is 7.91. The summed E-state index contributed by atoms with van der Waals surface area (Å²) in [5.74, 6) is -1.55. The SMILES string of the molecule is CC(C)C[C@H](NC(=O)[C@H](Cc1cccc2ccccc12)NC(=O)OCCc1ccccc1)C(=O)N[C@H](C=O)C[C@@H]1CCNC1=O. The molecule has 0 spiro atoms. The summed E-state index contributed by atoms with van der Waals surface area (Å²) in [6.07, 6.45) is 1.63. The standard InChI is InChI=1S/C35H42N4O6/c1-23(2)19-30(33(42)37-28(22-40)20-27-15-17-36-32(27)41)38-34(43)31(21-26-13-8-12-25-11-6-7-14-29(25)26)39-35(44)45-18-16-24-9-4-3-5-10-24/h3-14,22-23,27-28,30-31H,15-21H2,1-2H3,(H,36,41)(H,37,42)(H,38,43)(H,39,44)/t27-,28-,30-,31-/m0/s1. The quantitative estimate of drug-likeness (QED) is 0.193. The molecular weight excluding hydrogens is 572 g/mol. The van der Waals surface area contributed by atoms with Gasteiger partial charge >= 0.3 is 6.09 Å². The number of carbonyl (C=O) groups is 5. The Balaban J connectivity index is 1.48. The van der Waals surface area contributed by atoms with Gasteiger partial charge in [0.05, 0.1) is 12.6 Å². The summed E-state index contributed by atoms with van der Waals surface area (Å²) in [6.45, 7) is 4.50. The van der Waals surface area contributed by atoms with Gasteiger partial charge in [0, 0.05) is 25.3 Å². The molecule has 0 aliphatic carbocycles. The molecule has 4 amide bonds. The summed E-state index contributed by atoms with van der Waals surface area (Å²) in [5.41, 5.74) is 1.86. The highest BCUT2D eigenvalue weighted by molar-refractivity contribution is 5.93. The normalized spacial score (nSPS) is 16.3. The molecule has 10 nitrogen and oxygen atoms in total. The Morgan fingerprint density at radius 1 is 0.911 bits per heavy atom. The summed E-state index contributed by atoms with van der Waals surface area (Å²) < 4.78 is 5.43. The number of aldehydes is 1. The summed E-state index contributed by atoms with van der Waals surface area (Å²) in [4.78, 5) is 64.0. The van der Waals surface area contributed by atoms with Gasteiger partial charge in [0.1, 0.15) is 18.4 Å². The predicted octanol–water partition coefficient (Wildman–Crippen LogP) is 3.46. The smallest absolute Gasteiger partial charge is 0.407 e. The van der Waals surface area contributed by atoms with Gasteiger partial charge in [-0.05, 0) is 47.1 Å². The number of amides is 4. The highest BCUT2D eigenvalue weighted by Gasteiger charge is 2.32. The molecule has 4 rings (SSSR count). The number of carbonyl (C=O) groups excluding carboxylic acids is 5. The van der Waals surface area contributed by atoms with Crippen molar-refractivity contribution in [2.24, 2.45) is 11.8 Å². The van der Waals surface area contributed by atoms with E-state index in [1.54, 1.807) is 0 Å². The molecule has 0 radical (unpaired) electrons. The van der Waals surface area contributed by atoms with E-state index in [1.807, 2.05) is 86.6 Å². The lowest BCUT2D eigenvalue weighted by atomic mass is 9.97. The fourth-order valence-corrected chi connectivity index (χ4v) is 5.57. The zero-order chi connectivity index (χ0) is 32.2. The van der Waals surface area contributed by atoms with Gasteiger partial charge in [0.2, 0.25) is 17.7 Å². The Bertz CT molecular complexity index is 1470. The number of hydrogen-bond donors (Lipinski definition) is 4. The second kappa shape index (κ2) is 16.4. The molecule has 238 valence electrons. The monoisotopic (exact) mass is 614 g/mol. The van der Waals surface area contributed by atoms with Gasteiger partial charge in [-0.25, -0.2) is 4.79 Å². The van der Waals surface area contributed by atoms with Crippen molar-refractivity contribution in [1.82, 2.24) is 21.3 Å². The van der Waals surface area contributed by atoms with Crippen LogP contribution in [-0.2, 0) is 36.8 Å². The summed E-state index contributed by atoms with van der Waals surface area (Å²) in [7, 11) is 0. The second-order valence-corrected chi connectivity index (χ2v) is 11.9. The van der Waals surface area contributed by atoms with Gasteiger partial charge in [0.15, 0.2) is 0 Å². The highest BCUT2D eigenvalue weighted by atomic mass is 16.5. The van der Waals surface area contributed by atoms with Crippen LogP contribution in [0, 0.1) is 11.8 Å². The van der Waals surface area contributed by atoms with Crippen LogP contribution in [0.3, 0.4) is 0 Å². The molecule has 3 aromatic rings. The molecule has 1 saturated heterocycles. The van der Waals surface area contributed by atoms with Gasteiger partial charge < -0.3 is 30.8 Å². The molecule has 1 heterocycles. The number of rotatable bonds is 15. The predicted molar refractivity (Wildman–Crippen MR) is 171 cm³/mol. The van der Waals surface area contributed by atoms with Crippen LogP contribution in [0.25, 0.3) is 10.8 Å². The van der Waals surface area contributed by atoms with Crippen molar-refractivity contribution in [2.45, 2.75) is 64.1 Å². The van der Waals surface area contributed by atoms with Crippen molar-refractivity contribution in [2.75, 3.05) is 13.2 Å². The summed E-state index contributed by atoms with van der Waals surface area (Å²) in [6, 6.07) is 20.3. The lowest BCUT2D eigenvalue weighted by Gasteiger charge is -2.26. The van der Waals surface area contributed by atoms with E-state index in [9.17, 15) is 24.0 Å². The van der Waals surface area contributed by atoms with Crippen LogP contribution < -0.4 is 21.3 Å². The zero-order valence-electron chi connectivity index (χ0n) is 25.8. The van der Waals surface area contributed by atoms with Crippen molar-refractivity contribution in [1.29, 1.82) is 0 Å². The van der Waals surface area contributed by atoms with E-state index in [1.165, 1.54) is 0 Å². The van der Waals surface area contributed by atoms with E-state index < -0.39 is 36.0 Å². The molecule has 1 aliphatic rings. The van der Waals surface area contributed by atoms with E-state index in [0.717, 1.165) is 21.9 Å². The fraction of sp³-hybridized carbons (Fsp3) is 0.400. The first-order valence-electron chi connectivity index (χ1n) is 15.5. The molecule has 0 aromatic heterocycles. The van der Waals surface area contributed by atoms with Gasteiger partial charge in [-0.1, -0.05) is 86.6 Å². The van der Waals surface area contributed by atoms with Crippen molar-refractivity contribution in [3.63, 3.8) is 0 Å². The third kappa shape index (κ3) is 9.89. The minimum Gasteiger partial charge on any atom is -0.449 e. The minimum atomic E-state index is -1.05. The number of ether oxygens (including phenoxy) is 1. The van der Waals surface area contributed by atoms with Gasteiger partial charge in [0.25, 0.3) is 0 Å². The summed E-state index contributed by atoms with van der Waals surface area (Å²) >= 11 is 0. The molecule has 0 bridgehead atoms. The maximum absolute atomic E-state index is 13.8. The molecule has 0 saturated carbocycles. The zero-order valence-corrected chi connectivity index (χ0v) is 25.8. The molecule has 4 N–H and O–H groups in total. The van der Waals surface area contributed by atoms with Crippen molar-refractivity contribution in [3.05, 3.63) is 83.9 Å². The average Bonchev–Trinajstić information content (AvgIpc) is 3.44. The number of hydrogen-bond acceptors (Lipinski definition) is 6. The van der Waals surface area contributed by atoms with Gasteiger partial charge in [-0.2, -0.15) is 0 Å². The van der Waals surface area contributed by atoms with E-state index in [-0.39, 0.29) is 37.2 Å². The van der Waals surface area contributed by atoms with Crippen LogP contribution in [0.1, 0.15) is 44.2 Å².